The molecular formula is C19H13F4N5O3. The van der Waals surface area contributed by atoms with Crippen LogP contribution in [0.4, 0.5) is 23.2 Å². The van der Waals surface area contributed by atoms with Crippen LogP contribution < -0.4 is 5.32 Å². The predicted octanol–water partition coefficient (Wildman–Crippen LogP) is 3.94. The number of ether oxygens (including phenoxy) is 1. The van der Waals surface area contributed by atoms with Crippen LogP contribution in [0, 0.1) is 5.82 Å². The van der Waals surface area contributed by atoms with Crippen LogP contribution in [0.3, 0.4) is 0 Å². The van der Waals surface area contributed by atoms with Crippen molar-refractivity contribution < 1.29 is 31.6 Å². The van der Waals surface area contributed by atoms with Gasteiger partial charge in [-0.05, 0) is 29.8 Å². The number of hydrogen-bond donors (Lipinski definition) is 1. The number of fused-ring (bicyclic) bond motifs is 1. The van der Waals surface area contributed by atoms with Gasteiger partial charge in [0.25, 0.3) is 5.91 Å². The Bertz CT molecular complexity index is 1270. The average Bonchev–Trinajstić information content (AvgIpc) is 3.37. The molecule has 1 amide bonds. The van der Waals surface area contributed by atoms with Gasteiger partial charge in [0.05, 0.1) is 24.1 Å². The third-order valence-electron chi connectivity index (χ3n) is 4.28. The van der Waals surface area contributed by atoms with Gasteiger partial charge in [-0.25, -0.2) is 9.37 Å². The highest BCUT2D eigenvalue weighted by Crippen LogP contribution is 2.31. The van der Waals surface area contributed by atoms with Crippen LogP contribution in [-0.4, -0.2) is 32.5 Å². The molecule has 4 aromatic rings. The first-order chi connectivity index (χ1) is 14.8. The van der Waals surface area contributed by atoms with E-state index < -0.39 is 29.6 Å². The smallest absolute Gasteiger partial charge is 0.380 e. The van der Waals surface area contributed by atoms with Crippen molar-refractivity contribution in [2.24, 2.45) is 0 Å². The molecule has 3 aromatic heterocycles. The number of carbonyl (C=O) groups is 1. The number of benzene rings is 1. The topological polar surface area (TPSA) is 94.6 Å². The van der Waals surface area contributed by atoms with Crippen molar-refractivity contribution >= 4 is 17.2 Å². The second-order valence-electron chi connectivity index (χ2n) is 6.38. The first-order valence-corrected chi connectivity index (χ1v) is 8.74. The average molecular weight is 435 g/mol. The second kappa shape index (κ2) is 7.80. The van der Waals surface area contributed by atoms with E-state index in [9.17, 15) is 22.4 Å². The molecule has 1 N–H and O–H groups in total. The number of amides is 1. The molecule has 0 saturated heterocycles. The normalized spacial score (nSPS) is 11.8. The van der Waals surface area contributed by atoms with Crippen LogP contribution >= 0.6 is 0 Å². The summed E-state index contributed by atoms with van der Waals surface area (Å²) >= 11 is 0. The SMILES string of the molecule is COCc1ccn2c(C(=O)Nc3cccc(-c4noc(C(F)(F)F)n4)c3F)cnc2c1. The molecule has 0 atom stereocenters. The number of carbonyl (C=O) groups excluding carboxylic acids is 1. The van der Waals surface area contributed by atoms with Gasteiger partial charge in [0.15, 0.2) is 5.82 Å². The van der Waals surface area contributed by atoms with Gasteiger partial charge in [0, 0.05) is 13.3 Å². The summed E-state index contributed by atoms with van der Waals surface area (Å²) < 4.78 is 63.5. The van der Waals surface area contributed by atoms with Crippen molar-refractivity contribution in [3.8, 4) is 11.4 Å². The molecule has 0 bridgehead atoms. The number of pyridine rings is 1. The number of imidazole rings is 1. The van der Waals surface area contributed by atoms with E-state index in [0.29, 0.717) is 12.3 Å². The van der Waals surface area contributed by atoms with Gasteiger partial charge in [-0.15, -0.1) is 0 Å². The van der Waals surface area contributed by atoms with E-state index in [-0.39, 0.29) is 16.9 Å². The Labute approximate surface area is 171 Å². The Hall–Kier alpha value is -3.80. The zero-order valence-corrected chi connectivity index (χ0v) is 15.8. The minimum Gasteiger partial charge on any atom is -0.380 e. The fourth-order valence-corrected chi connectivity index (χ4v) is 2.88. The van der Waals surface area contributed by atoms with Crippen LogP contribution in [0.15, 0.2) is 47.2 Å². The van der Waals surface area contributed by atoms with Gasteiger partial charge >= 0.3 is 12.1 Å². The van der Waals surface area contributed by atoms with Gasteiger partial charge in [0.1, 0.15) is 11.3 Å². The lowest BCUT2D eigenvalue weighted by atomic mass is 10.1. The van der Waals surface area contributed by atoms with E-state index in [1.165, 1.54) is 28.8 Å². The van der Waals surface area contributed by atoms with E-state index in [2.05, 4.69) is 25.0 Å². The molecular weight excluding hydrogens is 422 g/mol. The molecule has 0 fully saturated rings. The number of hydrogen-bond acceptors (Lipinski definition) is 6. The first kappa shape index (κ1) is 20.5. The minimum absolute atomic E-state index is 0.127. The van der Waals surface area contributed by atoms with E-state index in [0.717, 1.165) is 5.56 Å². The fourth-order valence-electron chi connectivity index (χ4n) is 2.88. The fraction of sp³-hybridized carbons (Fsp3) is 0.158. The van der Waals surface area contributed by atoms with E-state index >= 15 is 0 Å². The summed E-state index contributed by atoms with van der Waals surface area (Å²) in [5, 5.41) is 5.55. The lowest BCUT2D eigenvalue weighted by Crippen LogP contribution is -2.15. The number of nitrogens with one attached hydrogen (secondary N) is 1. The Balaban J connectivity index is 1.61. The van der Waals surface area contributed by atoms with Crippen molar-refractivity contribution in [1.82, 2.24) is 19.5 Å². The van der Waals surface area contributed by atoms with Crippen LogP contribution in [0.1, 0.15) is 21.9 Å². The number of anilines is 1. The molecule has 1 aromatic carbocycles. The Kier molecular flexibility index (Phi) is 5.15. The van der Waals surface area contributed by atoms with E-state index in [4.69, 9.17) is 4.74 Å². The zero-order valence-electron chi connectivity index (χ0n) is 15.8. The lowest BCUT2D eigenvalue weighted by Gasteiger charge is -2.08. The highest BCUT2D eigenvalue weighted by atomic mass is 19.4. The second-order valence-corrected chi connectivity index (χ2v) is 6.38. The summed E-state index contributed by atoms with van der Waals surface area (Å²) in [6, 6.07) is 7.23. The maximum absolute atomic E-state index is 14.9. The van der Waals surface area contributed by atoms with Gasteiger partial charge < -0.3 is 14.6 Å². The Morgan fingerprint density at radius 2 is 2.10 bits per heavy atom. The van der Waals surface area contributed by atoms with Crippen molar-refractivity contribution in [2.75, 3.05) is 12.4 Å². The Morgan fingerprint density at radius 1 is 1.29 bits per heavy atom. The minimum atomic E-state index is -4.86. The number of aromatic nitrogens is 4. The monoisotopic (exact) mass is 435 g/mol. The number of rotatable bonds is 5. The maximum Gasteiger partial charge on any atom is 0.471 e. The molecule has 0 aliphatic carbocycles. The van der Waals surface area contributed by atoms with Crippen LogP contribution in [-0.2, 0) is 17.5 Å². The summed E-state index contributed by atoms with van der Waals surface area (Å²) in [6.07, 6.45) is -1.92. The summed E-state index contributed by atoms with van der Waals surface area (Å²) in [5.41, 5.74) is 0.832. The van der Waals surface area contributed by atoms with Crippen LogP contribution in [0.5, 0.6) is 0 Å². The summed E-state index contributed by atoms with van der Waals surface area (Å²) in [6.45, 7) is 0.370. The zero-order chi connectivity index (χ0) is 22.2. The van der Waals surface area contributed by atoms with Gasteiger partial charge in [0.2, 0.25) is 5.82 Å². The summed E-state index contributed by atoms with van der Waals surface area (Å²) in [5.74, 6) is -3.88. The van der Waals surface area contributed by atoms with E-state index in [1.54, 1.807) is 25.4 Å². The summed E-state index contributed by atoms with van der Waals surface area (Å²) in [7, 11) is 1.55. The molecule has 0 aliphatic rings. The summed E-state index contributed by atoms with van der Waals surface area (Å²) in [4.78, 5) is 20.0. The molecule has 0 spiro atoms. The lowest BCUT2D eigenvalue weighted by molar-refractivity contribution is -0.159. The molecule has 12 heteroatoms. The molecule has 8 nitrogen and oxygen atoms in total. The molecule has 0 aliphatic heterocycles. The number of methoxy groups -OCH3 is 1. The molecule has 4 rings (SSSR count). The highest BCUT2D eigenvalue weighted by Gasteiger charge is 2.38. The molecule has 160 valence electrons. The molecule has 31 heavy (non-hydrogen) atoms. The number of nitrogens with zero attached hydrogens (tertiary/aromatic N) is 4. The molecule has 3 heterocycles. The first-order valence-electron chi connectivity index (χ1n) is 8.74. The van der Waals surface area contributed by atoms with Crippen molar-refractivity contribution in [3.63, 3.8) is 0 Å². The van der Waals surface area contributed by atoms with Crippen LogP contribution in [0.25, 0.3) is 17.0 Å². The molecule has 0 unspecified atom stereocenters. The van der Waals surface area contributed by atoms with Gasteiger partial charge in [-0.3, -0.25) is 9.20 Å². The standard InChI is InChI=1S/C19H13F4N5O3/c1-30-9-10-5-6-28-13(8-24-14(28)7-10)17(29)25-12-4-2-3-11(15(12)20)16-26-18(31-27-16)19(21,22)23/h2-8H,9H2,1H3,(H,25,29). The van der Waals surface area contributed by atoms with Gasteiger partial charge in [-0.1, -0.05) is 11.2 Å². The third kappa shape index (κ3) is 3.97. The van der Waals surface area contributed by atoms with Crippen molar-refractivity contribution in [1.29, 1.82) is 0 Å². The number of alkyl halides is 3. The van der Waals surface area contributed by atoms with Crippen molar-refractivity contribution in [2.45, 2.75) is 12.8 Å². The predicted molar refractivity (Wildman–Crippen MR) is 98.6 cm³/mol. The third-order valence-corrected chi connectivity index (χ3v) is 4.28. The maximum atomic E-state index is 14.9. The van der Waals surface area contributed by atoms with Crippen LogP contribution in [0.2, 0.25) is 0 Å². The highest BCUT2D eigenvalue weighted by molar-refractivity contribution is 6.03. The van der Waals surface area contributed by atoms with Crippen molar-refractivity contribution in [3.05, 3.63) is 65.7 Å². The number of halogens is 4. The van der Waals surface area contributed by atoms with Gasteiger partial charge in [-0.2, -0.15) is 18.2 Å². The Morgan fingerprint density at radius 3 is 2.81 bits per heavy atom. The molecule has 0 saturated carbocycles. The quantitative estimate of drug-likeness (QED) is 0.477. The largest absolute Gasteiger partial charge is 0.471 e. The van der Waals surface area contributed by atoms with E-state index in [1.807, 2.05) is 0 Å². The molecule has 0 radical (unpaired) electrons.